The average Bonchev–Trinajstić information content (AvgIpc) is 2.48. The van der Waals surface area contributed by atoms with E-state index in [2.05, 4.69) is 17.9 Å². The fourth-order valence-corrected chi connectivity index (χ4v) is 2.79. The van der Waals surface area contributed by atoms with Crippen LogP contribution in [0.25, 0.3) is 0 Å². The zero-order valence-corrected chi connectivity index (χ0v) is 12.6. The minimum atomic E-state index is -4.04. The van der Waals surface area contributed by atoms with Crippen molar-refractivity contribution >= 4 is 34.3 Å². The summed E-state index contributed by atoms with van der Waals surface area (Å²) < 4.78 is 29.6. The molecule has 0 spiro atoms. The maximum Gasteiger partial charge on any atom is 0.341 e. The fraction of sp³-hybridized carbons (Fsp3) is 0.0714. The van der Waals surface area contributed by atoms with E-state index in [1.165, 1.54) is 24.3 Å². The third kappa shape index (κ3) is 3.99. The van der Waals surface area contributed by atoms with Gasteiger partial charge in [0.1, 0.15) is 10.6 Å². The molecule has 0 saturated carbocycles. The van der Waals surface area contributed by atoms with Crippen LogP contribution in [0.15, 0.2) is 59.5 Å². The second-order valence-corrected chi connectivity index (χ2v) is 5.88. The SMILES string of the molecule is O=C(CS)Nc1ccccc1S(=O)(=O)Oc1ccccc1. The molecule has 7 heteroatoms. The first-order valence-corrected chi connectivity index (χ1v) is 8.06. The van der Waals surface area contributed by atoms with Gasteiger partial charge in [-0.3, -0.25) is 4.79 Å². The van der Waals surface area contributed by atoms with Crippen molar-refractivity contribution in [3.05, 3.63) is 54.6 Å². The van der Waals surface area contributed by atoms with Gasteiger partial charge in [-0.2, -0.15) is 21.0 Å². The van der Waals surface area contributed by atoms with Gasteiger partial charge in [0.05, 0.1) is 11.4 Å². The summed E-state index contributed by atoms with van der Waals surface area (Å²) in [7, 11) is -4.04. The summed E-state index contributed by atoms with van der Waals surface area (Å²) in [4.78, 5) is 11.3. The van der Waals surface area contributed by atoms with Gasteiger partial charge in [-0.05, 0) is 24.3 Å². The van der Waals surface area contributed by atoms with E-state index in [-0.39, 0.29) is 22.1 Å². The lowest BCUT2D eigenvalue weighted by Crippen LogP contribution is -2.17. The molecule has 0 atom stereocenters. The molecule has 2 aromatic carbocycles. The van der Waals surface area contributed by atoms with E-state index in [1.54, 1.807) is 30.3 Å². The first kappa shape index (κ1) is 15.4. The lowest BCUT2D eigenvalue weighted by Gasteiger charge is -2.11. The number of nitrogens with one attached hydrogen (secondary N) is 1. The number of thiol groups is 1. The predicted octanol–water partition coefficient (Wildman–Crippen LogP) is 2.32. The number of carbonyl (C=O) groups is 1. The number of benzene rings is 2. The Morgan fingerprint density at radius 3 is 2.33 bits per heavy atom. The summed E-state index contributed by atoms with van der Waals surface area (Å²) >= 11 is 3.84. The molecule has 1 amide bonds. The highest BCUT2D eigenvalue weighted by Gasteiger charge is 2.21. The van der Waals surface area contributed by atoms with Crippen LogP contribution >= 0.6 is 12.6 Å². The smallest absolute Gasteiger partial charge is 0.341 e. The monoisotopic (exact) mass is 323 g/mol. The highest BCUT2D eigenvalue weighted by Crippen LogP contribution is 2.24. The van der Waals surface area contributed by atoms with Crippen molar-refractivity contribution in [3.63, 3.8) is 0 Å². The van der Waals surface area contributed by atoms with Gasteiger partial charge in [0.2, 0.25) is 5.91 Å². The predicted molar refractivity (Wildman–Crippen MR) is 83.2 cm³/mol. The van der Waals surface area contributed by atoms with Crippen LogP contribution in [0.3, 0.4) is 0 Å². The van der Waals surface area contributed by atoms with Crippen LogP contribution in [0.5, 0.6) is 5.75 Å². The lowest BCUT2D eigenvalue weighted by atomic mass is 10.3. The Bertz CT molecular complexity index is 730. The van der Waals surface area contributed by atoms with E-state index in [0.29, 0.717) is 0 Å². The van der Waals surface area contributed by atoms with Gasteiger partial charge in [0.25, 0.3) is 0 Å². The van der Waals surface area contributed by atoms with E-state index >= 15 is 0 Å². The summed E-state index contributed by atoms with van der Waals surface area (Å²) in [5.74, 6) is -0.248. The van der Waals surface area contributed by atoms with Crippen molar-refractivity contribution in [1.82, 2.24) is 0 Å². The Hall–Kier alpha value is -1.99. The van der Waals surface area contributed by atoms with E-state index in [9.17, 15) is 13.2 Å². The van der Waals surface area contributed by atoms with Crippen molar-refractivity contribution in [2.45, 2.75) is 4.90 Å². The van der Waals surface area contributed by atoms with Gasteiger partial charge >= 0.3 is 10.1 Å². The highest BCUT2D eigenvalue weighted by atomic mass is 32.2. The van der Waals surface area contributed by atoms with Crippen LogP contribution in [0.1, 0.15) is 0 Å². The van der Waals surface area contributed by atoms with Gasteiger partial charge in [0, 0.05) is 0 Å². The summed E-state index contributed by atoms with van der Waals surface area (Å²) in [5.41, 5.74) is 0.160. The van der Waals surface area contributed by atoms with Crippen molar-refractivity contribution in [2.75, 3.05) is 11.1 Å². The number of anilines is 1. The standard InChI is InChI=1S/C14H13NO4S2/c16-14(10-20)15-12-8-4-5-9-13(12)21(17,18)19-11-6-2-1-3-7-11/h1-9,20H,10H2,(H,15,16). The lowest BCUT2D eigenvalue weighted by molar-refractivity contribution is -0.113. The normalized spacial score (nSPS) is 10.9. The molecule has 0 aromatic heterocycles. The molecule has 0 aliphatic carbocycles. The van der Waals surface area contributed by atoms with E-state index in [0.717, 1.165) is 0 Å². The Morgan fingerprint density at radius 1 is 1.05 bits per heavy atom. The van der Waals surface area contributed by atoms with Crippen LogP contribution in [0.4, 0.5) is 5.69 Å². The minimum Gasteiger partial charge on any atom is -0.379 e. The average molecular weight is 323 g/mol. The van der Waals surface area contributed by atoms with Gasteiger partial charge in [0.15, 0.2) is 0 Å². The zero-order valence-electron chi connectivity index (χ0n) is 10.9. The van der Waals surface area contributed by atoms with Crippen LogP contribution in [0.2, 0.25) is 0 Å². The summed E-state index contributed by atoms with van der Waals surface area (Å²) in [6.45, 7) is 0. The highest BCUT2D eigenvalue weighted by molar-refractivity contribution is 7.87. The van der Waals surface area contributed by atoms with Crippen molar-refractivity contribution in [1.29, 1.82) is 0 Å². The molecule has 2 rings (SSSR count). The number of rotatable bonds is 5. The Labute approximate surface area is 128 Å². The second kappa shape index (κ2) is 6.64. The van der Waals surface area contributed by atoms with Crippen LogP contribution in [0, 0.1) is 0 Å². The van der Waals surface area contributed by atoms with Crippen LogP contribution in [-0.4, -0.2) is 20.1 Å². The van der Waals surface area contributed by atoms with Crippen molar-refractivity contribution < 1.29 is 17.4 Å². The Kier molecular flexibility index (Phi) is 4.87. The first-order valence-electron chi connectivity index (χ1n) is 6.02. The molecule has 0 radical (unpaired) electrons. The zero-order chi connectivity index (χ0) is 15.3. The molecule has 0 fully saturated rings. The van der Waals surface area contributed by atoms with Crippen LogP contribution in [-0.2, 0) is 14.9 Å². The molecular formula is C14H13NO4S2. The molecule has 5 nitrogen and oxygen atoms in total. The first-order chi connectivity index (χ1) is 10.0. The van der Waals surface area contributed by atoms with E-state index in [4.69, 9.17) is 4.18 Å². The summed E-state index contributed by atoms with van der Waals surface area (Å²) in [5, 5.41) is 2.48. The van der Waals surface area contributed by atoms with Gasteiger partial charge < -0.3 is 9.50 Å². The van der Waals surface area contributed by atoms with Gasteiger partial charge in [-0.25, -0.2) is 0 Å². The Morgan fingerprint density at radius 2 is 1.67 bits per heavy atom. The quantitative estimate of drug-likeness (QED) is 0.654. The third-order valence-corrected chi connectivity index (χ3v) is 4.12. The molecule has 0 bridgehead atoms. The molecule has 110 valence electrons. The maximum absolute atomic E-state index is 12.3. The van der Waals surface area contributed by atoms with Gasteiger partial charge in [-0.15, -0.1) is 0 Å². The van der Waals surface area contributed by atoms with Crippen molar-refractivity contribution in [2.24, 2.45) is 0 Å². The fourth-order valence-electron chi connectivity index (χ4n) is 1.63. The molecule has 0 saturated heterocycles. The molecule has 1 N–H and O–H groups in total. The molecular weight excluding hydrogens is 310 g/mol. The molecule has 0 aliphatic heterocycles. The summed E-state index contributed by atoms with van der Waals surface area (Å²) in [6.07, 6.45) is 0. The topological polar surface area (TPSA) is 72.5 Å². The van der Waals surface area contributed by atoms with Crippen LogP contribution < -0.4 is 9.50 Å². The number of hydrogen-bond donors (Lipinski definition) is 2. The molecule has 0 heterocycles. The van der Waals surface area contributed by atoms with E-state index < -0.39 is 16.0 Å². The number of carbonyl (C=O) groups excluding carboxylic acids is 1. The summed E-state index contributed by atoms with van der Waals surface area (Å²) in [6, 6.07) is 14.2. The molecule has 2 aromatic rings. The molecule has 0 unspecified atom stereocenters. The molecule has 0 aliphatic rings. The number of para-hydroxylation sites is 2. The Balaban J connectivity index is 2.34. The largest absolute Gasteiger partial charge is 0.379 e. The number of hydrogen-bond acceptors (Lipinski definition) is 5. The third-order valence-electron chi connectivity index (χ3n) is 2.52. The van der Waals surface area contributed by atoms with Gasteiger partial charge in [-0.1, -0.05) is 30.3 Å². The maximum atomic E-state index is 12.3. The number of amides is 1. The minimum absolute atomic E-state index is 0.0477. The van der Waals surface area contributed by atoms with E-state index in [1.807, 2.05) is 0 Å². The second-order valence-electron chi connectivity index (χ2n) is 4.05. The van der Waals surface area contributed by atoms with Crippen molar-refractivity contribution in [3.8, 4) is 5.75 Å². The molecule has 21 heavy (non-hydrogen) atoms.